The predicted molar refractivity (Wildman–Crippen MR) is 90.0 cm³/mol. The molecule has 0 unspecified atom stereocenters. The van der Waals surface area contributed by atoms with Crippen molar-refractivity contribution >= 4 is 35.0 Å². The summed E-state index contributed by atoms with van der Waals surface area (Å²) in [5.74, 6) is -0.0790. The van der Waals surface area contributed by atoms with Crippen LogP contribution in [0.1, 0.15) is 0 Å². The fourth-order valence-corrected chi connectivity index (χ4v) is 2.52. The minimum Gasteiger partial charge on any atom is -0.506 e. The van der Waals surface area contributed by atoms with E-state index in [9.17, 15) is 9.90 Å². The average molecular weight is 363 g/mol. The van der Waals surface area contributed by atoms with Crippen molar-refractivity contribution in [2.45, 2.75) is 5.22 Å². The van der Waals surface area contributed by atoms with Crippen LogP contribution >= 0.6 is 23.4 Å². The Bertz CT molecular complexity index is 857. The first kappa shape index (κ1) is 16.3. The first-order valence-electron chi connectivity index (χ1n) is 6.78. The van der Waals surface area contributed by atoms with E-state index in [4.69, 9.17) is 16.0 Å². The van der Waals surface area contributed by atoms with Gasteiger partial charge in [-0.25, -0.2) is 0 Å². The first-order chi connectivity index (χ1) is 11.6. The molecule has 24 heavy (non-hydrogen) atoms. The summed E-state index contributed by atoms with van der Waals surface area (Å²) in [4.78, 5) is 16.0. The zero-order chi connectivity index (χ0) is 16.9. The van der Waals surface area contributed by atoms with Gasteiger partial charge in [0, 0.05) is 11.2 Å². The van der Waals surface area contributed by atoms with E-state index in [1.165, 1.54) is 18.2 Å². The third-order valence-electron chi connectivity index (χ3n) is 2.85. The molecule has 0 saturated carbocycles. The van der Waals surface area contributed by atoms with Crippen molar-refractivity contribution < 1.29 is 14.3 Å². The van der Waals surface area contributed by atoms with Crippen LogP contribution in [0.25, 0.3) is 11.6 Å². The summed E-state index contributed by atoms with van der Waals surface area (Å²) >= 11 is 6.91. The Morgan fingerprint density at radius 2 is 2.17 bits per heavy atom. The molecule has 122 valence electrons. The molecule has 3 rings (SSSR count). The van der Waals surface area contributed by atoms with Crippen molar-refractivity contribution in [2.75, 3.05) is 11.1 Å². The number of phenols is 1. The zero-order valence-corrected chi connectivity index (χ0v) is 13.7. The number of hydrogen-bond donors (Lipinski definition) is 2. The van der Waals surface area contributed by atoms with Crippen molar-refractivity contribution in [3.05, 3.63) is 47.6 Å². The van der Waals surface area contributed by atoms with E-state index in [0.717, 1.165) is 11.8 Å². The summed E-state index contributed by atoms with van der Waals surface area (Å²) in [5.41, 5.74) is 0.804. The van der Waals surface area contributed by atoms with Crippen molar-refractivity contribution in [3.8, 4) is 17.3 Å². The summed E-state index contributed by atoms with van der Waals surface area (Å²) in [6, 6.07) is 9.73. The number of carbonyl (C=O) groups excluding carboxylic acids is 1. The topological polar surface area (TPSA) is 101 Å². The highest BCUT2D eigenvalue weighted by molar-refractivity contribution is 7.99. The highest BCUT2D eigenvalue weighted by atomic mass is 35.5. The number of hydrogen-bond acceptors (Lipinski definition) is 7. The molecule has 7 nitrogen and oxygen atoms in total. The number of aromatic hydroxyl groups is 1. The van der Waals surface area contributed by atoms with Gasteiger partial charge in [-0.3, -0.25) is 9.78 Å². The van der Waals surface area contributed by atoms with Gasteiger partial charge in [-0.2, -0.15) is 0 Å². The monoisotopic (exact) mass is 362 g/mol. The lowest BCUT2D eigenvalue weighted by Crippen LogP contribution is -2.14. The molecule has 9 heteroatoms. The van der Waals surface area contributed by atoms with Crippen LogP contribution in [-0.4, -0.2) is 31.9 Å². The number of halogens is 1. The summed E-state index contributed by atoms with van der Waals surface area (Å²) in [5, 5.41) is 20.6. The number of carbonyl (C=O) groups is 1. The molecule has 0 aliphatic rings. The van der Waals surface area contributed by atoms with Gasteiger partial charge >= 0.3 is 0 Å². The quantitative estimate of drug-likeness (QED) is 0.530. The highest BCUT2D eigenvalue weighted by Crippen LogP contribution is 2.27. The van der Waals surface area contributed by atoms with Gasteiger partial charge in [-0.1, -0.05) is 29.4 Å². The third kappa shape index (κ3) is 4.03. The van der Waals surface area contributed by atoms with E-state index in [0.29, 0.717) is 10.7 Å². The van der Waals surface area contributed by atoms with E-state index < -0.39 is 0 Å². The van der Waals surface area contributed by atoms with E-state index in [-0.39, 0.29) is 34.2 Å². The smallest absolute Gasteiger partial charge is 0.277 e. The van der Waals surface area contributed by atoms with Gasteiger partial charge in [0.05, 0.1) is 11.4 Å². The van der Waals surface area contributed by atoms with Crippen LogP contribution in [0.2, 0.25) is 5.02 Å². The van der Waals surface area contributed by atoms with Crippen LogP contribution in [0.3, 0.4) is 0 Å². The average Bonchev–Trinajstić information content (AvgIpc) is 3.06. The molecular weight excluding hydrogens is 352 g/mol. The Hall–Kier alpha value is -2.58. The Kier molecular flexibility index (Phi) is 4.97. The number of thioether (sulfide) groups is 1. The van der Waals surface area contributed by atoms with Gasteiger partial charge in [0.2, 0.25) is 5.91 Å². The number of benzene rings is 1. The Balaban J connectivity index is 1.59. The molecule has 0 radical (unpaired) electrons. The fourth-order valence-electron chi connectivity index (χ4n) is 1.78. The number of nitrogens with zero attached hydrogens (tertiary/aromatic N) is 3. The second-order valence-corrected chi connectivity index (χ2v) is 5.95. The second kappa shape index (κ2) is 7.33. The largest absolute Gasteiger partial charge is 0.506 e. The molecule has 0 aliphatic carbocycles. The lowest BCUT2D eigenvalue weighted by molar-refractivity contribution is -0.113. The molecular formula is C15H11ClN4O3S. The normalized spacial score (nSPS) is 10.5. The Morgan fingerprint density at radius 3 is 2.96 bits per heavy atom. The van der Waals surface area contributed by atoms with Gasteiger partial charge in [0.15, 0.2) is 0 Å². The summed E-state index contributed by atoms with van der Waals surface area (Å²) in [6.07, 6.45) is 1.62. The highest BCUT2D eigenvalue weighted by Gasteiger charge is 2.13. The number of phenolic OH excluding ortho intramolecular Hbond substituents is 1. The lowest BCUT2D eigenvalue weighted by atomic mass is 10.3. The minimum absolute atomic E-state index is 0.0375. The summed E-state index contributed by atoms with van der Waals surface area (Å²) < 4.78 is 5.44. The fraction of sp³-hybridized carbons (Fsp3) is 0.0667. The minimum atomic E-state index is -0.338. The van der Waals surface area contributed by atoms with E-state index in [2.05, 4.69) is 20.5 Å². The summed E-state index contributed by atoms with van der Waals surface area (Å²) in [7, 11) is 0. The van der Waals surface area contributed by atoms with Gasteiger partial charge in [0.25, 0.3) is 11.1 Å². The van der Waals surface area contributed by atoms with Crippen molar-refractivity contribution in [2.24, 2.45) is 0 Å². The van der Waals surface area contributed by atoms with Gasteiger partial charge in [-0.15, -0.1) is 10.2 Å². The molecule has 0 aliphatic heterocycles. The Morgan fingerprint density at radius 1 is 1.29 bits per heavy atom. The molecule has 0 spiro atoms. The number of nitrogens with one attached hydrogen (secondary N) is 1. The van der Waals surface area contributed by atoms with Crippen LogP contribution in [0.15, 0.2) is 52.2 Å². The maximum absolute atomic E-state index is 11.9. The standard InChI is InChI=1S/C15H11ClN4O3S/c16-9-4-5-12(21)11(7-9)18-13(22)8-24-15-20-19-14(23-15)10-3-1-2-6-17-10/h1-7,21H,8H2,(H,18,22). The maximum Gasteiger partial charge on any atom is 0.277 e. The maximum atomic E-state index is 11.9. The van der Waals surface area contributed by atoms with E-state index in [1.807, 2.05) is 6.07 Å². The predicted octanol–water partition coefficient (Wildman–Crippen LogP) is 3.22. The molecule has 2 N–H and O–H groups in total. The van der Waals surface area contributed by atoms with Crippen LogP contribution < -0.4 is 5.32 Å². The number of aromatic nitrogens is 3. The van der Waals surface area contributed by atoms with Gasteiger partial charge in [-0.05, 0) is 30.3 Å². The number of amides is 1. The molecule has 0 atom stereocenters. The molecule has 0 saturated heterocycles. The van der Waals surface area contributed by atoms with Gasteiger partial charge in [0.1, 0.15) is 11.4 Å². The summed E-state index contributed by atoms with van der Waals surface area (Å²) in [6.45, 7) is 0. The zero-order valence-electron chi connectivity index (χ0n) is 12.1. The van der Waals surface area contributed by atoms with Crippen LogP contribution in [0.4, 0.5) is 5.69 Å². The van der Waals surface area contributed by atoms with Crippen molar-refractivity contribution in [1.82, 2.24) is 15.2 Å². The molecule has 3 aromatic rings. The first-order valence-corrected chi connectivity index (χ1v) is 8.14. The SMILES string of the molecule is O=C(CSc1nnc(-c2ccccn2)o1)Nc1cc(Cl)ccc1O. The molecule has 1 amide bonds. The Labute approximate surface area is 146 Å². The second-order valence-electron chi connectivity index (χ2n) is 4.59. The van der Waals surface area contributed by atoms with Gasteiger partial charge < -0.3 is 14.8 Å². The van der Waals surface area contributed by atoms with Crippen LogP contribution in [0.5, 0.6) is 5.75 Å². The molecule has 2 aromatic heterocycles. The molecule has 1 aromatic carbocycles. The molecule has 0 fully saturated rings. The van der Waals surface area contributed by atoms with Crippen LogP contribution in [-0.2, 0) is 4.79 Å². The lowest BCUT2D eigenvalue weighted by Gasteiger charge is -2.06. The van der Waals surface area contributed by atoms with E-state index in [1.54, 1.807) is 18.3 Å². The van der Waals surface area contributed by atoms with Crippen molar-refractivity contribution in [1.29, 1.82) is 0 Å². The number of pyridine rings is 1. The molecule has 2 heterocycles. The van der Waals surface area contributed by atoms with Crippen LogP contribution in [0, 0.1) is 0 Å². The van der Waals surface area contributed by atoms with Crippen molar-refractivity contribution in [3.63, 3.8) is 0 Å². The third-order valence-corrected chi connectivity index (χ3v) is 3.90. The number of rotatable bonds is 5. The number of anilines is 1. The van der Waals surface area contributed by atoms with E-state index >= 15 is 0 Å². The molecule has 0 bridgehead atoms.